The monoisotopic (exact) mass is 246 g/mol. The zero-order chi connectivity index (χ0) is 9.14. The highest BCUT2D eigenvalue weighted by molar-refractivity contribution is 9.10. The molecule has 0 bridgehead atoms. The molecule has 1 heterocycles. The predicted molar refractivity (Wildman–Crippen MR) is 53.4 cm³/mol. The van der Waals surface area contributed by atoms with Crippen molar-refractivity contribution in [3.63, 3.8) is 0 Å². The van der Waals surface area contributed by atoms with Gasteiger partial charge in [0.25, 0.3) is 0 Å². The Labute approximate surface area is 82.7 Å². The number of carboxylic acids is 1. The number of rotatable bonds is 2. The molecule has 0 spiro atoms. The molecule has 64 valence electrons. The topological polar surface area (TPSA) is 37.3 Å². The molecule has 0 aliphatic carbocycles. The molecule has 2 nitrogen and oxygen atoms in total. The van der Waals surface area contributed by atoms with Gasteiger partial charge in [0.2, 0.25) is 0 Å². The maximum atomic E-state index is 10.2. The van der Waals surface area contributed by atoms with Crippen LogP contribution < -0.4 is 0 Å². The molecule has 0 unspecified atom stereocenters. The van der Waals surface area contributed by atoms with Gasteiger partial charge in [0.1, 0.15) is 0 Å². The molecule has 1 aromatic rings. The summed E-state index contributed by atoms with van der Waals surface area (Å²) < 4.78 is 0.977. The Kier molecular flexibility index (Phi) is 3.05. The van der Waals surface area contributed by atoms with Crippen LogP contribution in [0.15, 0.2) is 15.9 Å². The van der Waals surface area contributed by atoms with Gasteiger partial charge in [-0.1, -0.05) is 0 Å². The average molecular weight is 247 g/mol. The predicted octanol–water partition coefficient (Wildman–Crippen LogP) is 2.92. The van der Waals surface area contributed by atoms with Gasteiger partial charge in [-0.3, -0.25) is 0 Å². The van der Waals surface area contributed by atoms with E-state index >= 15 is 0 Å². The third kappa shape index (κ3) is 2.19. The second kappa shape index (κ2) is 3.87. The van der Waals surface area contributed by atoms with Crippen LogP contribution in [-0.2, 0) is 4.79 Å². The lowest BCUT2D eigenvalue weighted by Crippen LogP contribution is -1.84. The Hall–Kier alpha value is -0.610. The van der Waals surface area contributed by atoms with E-state index in [-0.39, 0.29) is 0 Å². The summed E-state index contributed by atoms with van der Waals surface area (Å²) in [6, 6.07) is 0. The van der Waals surface area contributed by atoms with Crippen LogP contribution in [0.1, 0.15) is 10.4 Å². The highest BCUT2D eigenvalue weighted by Crippen LogP contribution is 2.28. The molecule has 0 aliphatic heterocycles. The number of carboxylic acid groups (broad SMARTS) is 1. The van der Waals surface area contributed by atoms with Gasteiger partial charge in [0.05, 0.1) is 0 Å². The van der Waals surface area contributed by atoms with E-state index in [1.165, 1.54) is 11.3 Å². The number of aryl methyl sites for hydroxylation is 1. The summed E-state index contributed by atoms with van der Waals surface area (Å²) in [7, 11) is 0. The summed E-state index contributed by atoms with van der Waals surface area (Å²) in [5.41, 5.74) is 1.13. The molecule has 4 heteroatoms. The number of thiophene rings is 1. The fourth-order valence-corrected chi connectivity index (χ4v) is 2.22. The number of halogens is 1. The molecule has 0 aliphatic rings. The first kappa shape index (κ1) is 9.48. The first-order valence-corrected chi connectivity index (χ1v) is 4.93. The molecule has 1 N–H and O–H groups in total. The van der Waals surface area contributed by atoms with Gasteiger partial charge in [0.15, 0.2) is 0 Å². The lowest BCUT2D eigenvalue weighted by Gasteiger charge is -1.87. The van der Waals surface area contributed by atoms with E-state index in [1.54, 1.807) is 6.08 Å². The maximum Gasteiger partial charge on any atom is 0.328 e. The maximum absolute atomic E-state index is 10.2. The summed E-state index contributed by atoms with van der Waals surface area (Å²) in [5, 5.41) is 10.4. The van der Waals surface area contributed by atoms with Crippen molar-refractivity contribution >= 4 is 39.3 Å². The first-order valence-electron chi connectivity index (χ1n) is 3.26. The minimum Gasteiger partial charge on any atom is -0.478 e. The van der Waals surface area contributed by atoms with E-state index in [4.69, 9.17) is 5.11 Å². The van der Waals surface area contributed by atoms with Crippen molar-refractivity contribution in [3.05, 3.63) is 26.4 Å². The quantitative estimate of drug-likeness (QED) is 0.816. The fraction of sp³-hybridized carbons (Fsp3) is 0.125. The molecule has 12 heavy (non-hydrogen) atoms. The zero-order valence-electron chi connectivity index (χ0n) is 6.37. The Bertz CT molecular complexity index is 328. The third-order valence-corrected chi connectivity index (χ3v) is 3.68. The molecule has 0 fully saturated rings. The number of carbonyl (C=O) groups is 1. The van der Waals surface area contributed by atoms with Gasteiger partial charge in [-0.25, -0.2) is 4.79 Å². The van der Waals surface area contributed by atoms with Crippen molar-refractivity contribution in [2.75, 3.05) is 0 Å². The van der Waals surface area contributed by atoms with Crippen molar-refractivity contribution in [2.45, 2.75) is 6.92 Å². The van der Waals surface area contributed by atoms with Crippen molar-refractivity contribution in [2.24, 2.45) is 0 Å². The Morgan fingerprint density at radius 2 is 2.42 bits per heavy atom. The average Bonchev–Trinajstić information content (AvgIpc) is 2.30. The normalized spacial score (nSPS) is 10.8. The molecule has 0 atom stereocenters. The first-order chi connectivity index (χ1) is 5.61. The van der Waals surface area contributed by atoms with E-state index in [0.717, 1.165) is 21.0 Å². The van der Waals surface area contributed by atoms with E-state index in [1.807, 2.05) is 12.3 Å². The molecule has 0 aromatic carbocycles. The van der Waals surface area contributed by atoms with Crippen molar-refractivity contribution in [1.82, 2.24) is 0 Å². The smallest absolute Gasteiger partial charge is 0.328 e. The van der Waals surface area contributed by atoms with Crippen molar-refractivity contribution in [1.29, 1.82) is 0 Å². The van der Waals surface area contributed by atoms with Gasteiger partial charge >= 0.3 is 5.97 Å². The summed E-state index contributed by atoms with van der Waals surface area (Å²) in [6.07, 6.45) is 2.72. The molecule has 1 aromatic heterocycles. The van der Waals surface area contributed by atoms with Gasteiger partial charge < -0.3 is 5.11 Å². The molecule has 1 rings (SSSR count). The van der Waals surface area contributed by atoms with E-state index in [2.05, 4.69) is 15.9 Å². The Morgan fingerprint density at radius 1 is 1.75 bits per heavy atom. The minimum absolute atomic E-state index is 0.923. The zero-order valence-corrected chi connectivity index (χ0v) is 8.78. The minimum atomic E-state index is -0.923. The van der Waals surface area contributed by atoms with Crippen LogP contribution in [0.25, 0.3) is 6.08 Å². The van der Waals surface area contributed by atoms with Gasteiger partial charge in [0, 0.05) is 15.4 Å². The number of aliphatic carboxylic acids is 1. The van der Waals surface area contributed by atoms with Crippen LogP contribution in [-0.4, -0.2) is 11.1 Å². The van der Waals surface area contributed by atoms with Gasteiger partial charge in [-0.05, 0) is 39.9 Å². The van der Waals surface area contributed by atoms with Crippen LogP contribution >= 0.6 is 27.3 Å². The van der Waals surface area contributed by atoms with Crippen LogP contribution in [0, 0.1) is 6.92 Å². The summed E-state index contributed by atoms with van der Waals surface area (Å²) in [6.45, 7) is 1.97. The molecular formula is C8H7BrO2S. The second-order valence-electron chi connectivity index (χ2n) is 2.27. The van der Waals surface area contributed by atoms with Gasteiger partial charge in [-0.15, -0.1) is 11.3 Å². The SMILES string of the molecule is Cc1csc(/C=C/C(=O)O)c1Br. The highest BCUT2D eigenvalue weighted by Gasteiger charge is 2.01. The number of hydrogen-bond donors (Lipinski definition) is 1. The van der Waals surface area contributed by atoms with Crippen LogP contribution in [0.4, 0.5) is 0 Å². The van der Waals surface area contributed by atoms with Crippen LogP contribution in [0.5, 0.6) is 0 Å². The second-order valence-corrected chi connectivity index (χ2v) is 3.97. The van der Waals surface area contributed by atoms with Crippen LogP contribution in [0.3, 0.4) is 0 Å². The molecule has 0 radical (unpaired) electrons. The van der Waals surface area contributed by atoms with E-state index in [9.17, 15) is 4.79 Å². The summed E-state index contributed by atoms with van der Waals surface area (Å²) in [5.74, 6) is -0.923. The van der Waals surface area contributed by atoms with Crippen molar-refractivity contribution in [3.8, 4) is 0 Å². The van der Waals surface area contributed by atoms with E-state index in [0.29, 0.717) is 0 Å². The Balaban J connectivity index is 2.90. The molecule has 0 amide bonds. The highest BCUT2D eigenvalue weighted by atomic mass is 79.9. The van der Waals surface area contributed by atoms with E-state index < -0.39 is 5.97 Å². The summed E-state index contributed by atoms with van der Waals surface area (Å²) >= 11 is 4.89. The lowest BCUT2D eigenvalue weighted by molar-refractivity contribution is -0.131. The standard InChI is InChI=1S/C8H7BrO2S/c1-5-4-12-6(8(5)9)2-3-7(10)11/h2-4H,1H3,(H,10,11)/b3-2+. The largest absolute Gasteiger partial charge is 0.478 e. The molecule has 0 saturated heterocycles. The van der Waals surface area contributed by atoms with Gasteiger partial charge in [-0.2, -0.15) is 0 Å². The third-order valence-electron chi connectivity index (χ3n) is 1.30. The fourth-order valence-electron chi connectivity index (χ4n) is 0.709. The molecular weight excluding hydrogens is 240 g/mol. The van der Waals surface area contributed by atoms with Crippen molar-refractivity contribution < 1.29 is 9.90 Å². The lowest BCUT2D eigenvalue weighted by atomic mass is 10.3. The number of hydrogen-bond acceptors (Lipinski definition) is 2. The Morgan fingerprint density at radius 3 is 2.83 bits per heavy atom. The molecule has 0 saturated carbocycles. The summed E-state index contributed by atoms with van der Waals surface area (Å²) in [4.78, 5) is 11.1. The van der Waals surface area contributed by atoms with Crippen LogP contribution in [0.2, 0.25) is 0 Å².